The highest BCUT2D eigenvalue weighted by Crippen LogP contribution is 2.24. The molecule has 0 radical (unpaired) electrons. The Morgan fingerprint density at radius 1 is 1.20 bits per heavy atom. The summed E-state index contributed by atoms with van der Waals surface area (Å²) in [6, 6.07) is 4.41. The van der Waals surface area contributed by atoms with E-state index in [2.05, 4.69) is 19.7 Å². The van der Waals surface area contributed by atoms with Gasteiger partial charge in [-0.2, -0.15) is 0 Å². The van der Waals surface area contributed by atoms with E-state index >= 15 is 0 Å². The highest BCUT2D eigenvalue weighted by atomic mass is 32.2. The Balaban J connectivity index is 2.24. The number of aromatic carboxylic acids is 1. The fourth-order valence-electron chi connectivity index (χ4n) is 1.29. The quantitative estimate of drug-likeness (QED) is 0.668. The highest BCUT2D eigenvalue weighted by Gasteiger charge is 2.11. The van der Waals surface area contributed by atoms with Gasteiger partial charge < -0.3 is 9.84 Å². The molecule has 2 aromatic heterocycles. The van der Waals surface area contributed by atoms with E-state index in [1.807, 2.05) is 0 Å². The number of esters is 1. The maximum atomic E-state index is 11.3. The summed E-state index contributed by atoms with van der Waals surface area (Å²) in [6.45, 7) is 0. The fraction of sp³-hybridized carbons (Fsp3) is 0.0833. The molecule has 2 heterocycles. The summed E-state index contributed by atoms with van der Waals surface area (Å²) in [6.07, 6.45) is 2.82. The first kappa shape index (κ1) is 13.9. The largest absolute Gasteiger partial charge is 0.478 e. The molecule has 0 saturated heterocycles. The van der Waals surface area contributed by atoms with Gasteiger partial charge in [-0.15, -0.1) is 0 Å². The van der Waals surface area contributed by atoms with Crippen LogP contribution in [0.1, 0.15) is 21.0 Å². The summed E-state index contributed by atoms with van der Waals surface area (Å²) in [4.78, 5) is 34.0. The number of methoxy groups -OCH3 is 1. The first-order valence-electron chi connectivity index (χ1n) is 5.38. The van der Waals surface area contributed by atoms with Gasteiger partial charge in [-0.25, -0.2) is 24.5 Å². The number of carboxylic acids is 1. The molecule has 2 rings (SSSR count). The second-order valence-corrected chi connectivity index (χ2v) is 4.54. The normalized spacial score (nSPS) is 10.1. The number of hydrogen-bond acceptors (Lipinski definition) is 7. The van der Waals surface area contributed by atoms with Crippen molar-refractivity contribution in [3.8, 4) is 0 Å². The van der Waals surface area contributed by atoms with Crippen molar-refractivity contribution in [1.29, 1.82) is 0 Å². The minimum absolute atomic E-state index is 0.0631. The van der Waals surface area contributed by atoms with Crippen LogP contribution in [-0.4, -0.2) is 39.1 Å². The molecule has 2 aromatic rings. The highest BCUT2D eigenvalue weighted by molar-refractivity contribution is 7.99. The number of carbonyl (C=O) groups is 2. The van der Waals surface area contributed by atoms with Gasteiger partial charge in [-0.05, 0) is 30.0 Å². The minimum atomic E-state index is -1.04. The minimum Gasteiger partial charge on any atom is -0.478 e. The Bertz CT molecular complexity index is 663. The van der Waals surface area contributed by atoms with Crippen LogP contribution in [0.3, 0.4) is 0 Å². The van der Waals surface area contributed by atoms with Gasteiger partial charge >= 0.3 is 11.9 Å². The van der Waals surface area contributed by atoms with Crippen LogP contribution in [0.15, 0.2) is 40.6 Å². The van der Waals surface area contributed by atoms with Crippen molar-refractivity contribution >= 4 is 23.7 Å². The van der Waals surface area contributed by atoms with E-state index in [9.17, 15) is 9.59 Å². The number of ether oxygens (including phenoxy) is 1. The molecule has 0 spiro atoms. The van der Waals surface area contributed by atoms with Crippen molar-refractivity contribution in [1.82, 2.24) is 15.0 Å². The SMILES string of the molecule is COC(=O)c1nccc(Sc2cc(C(=O)O)ccn2)n1. The number of carbonyl (C=O) groups excluding carboxylic acids is 1. The van der Waals surface area contributed by atoms with E-state index in [0.29, 0.717) is 10.1 Å². The zero-order valence-electron chi connectivity index (χ0n) is 10.3. The van der Waals surface area contributed by atoms with Gasteiger partial charge in [0.25, 0.3) is 0 Å². The van der Waals surface area contributed by atoms with Crippen molar-refractivity contribution < 1.29 is 19.4 Å². The van der Waals surface area contributed by atoms with Crippen molar-refractivity contribution in [2.45, 2.75) is 10.1 Å². The van der Waals surface area contributed by atoms with Gasteiger partial charge in [0.15, 0.2) is 0 Å². The second-order valence-electron chi connectivity index (χ2n) is 3.50. The maximum absolute atomic E-state index is 11.3. The molecular weight excluding hydrogens is 282 g/mol. The third-order valence-electron chi connectivity index (χ3n) is 2.19. The summed E-state index contributed by atoms with van der Waals surface area (Å²) >= 11 is 1.13. The van der Waals surface area contributed by atoms with Crippen LogP contribution in [0.4, 0.5) is 0 Å². The zero-order chi connectivity index (χ0) is 14.5. The van der Waals surface area contributed by atoms with Crippen LogP contribution < -0.4 is 0 Å². The maximum Gasteiger partial charge on any atom is 0.376 e. The fourth-order valence-corrected chi connectivity index (χ4v) is 2.07. The summed E-state index contributed by atoms with van der Waals surface area (Å²) < 4.78 is 4.53. The first-order valence-corrected chi connectivity index (χ1v) is 6.20. The van der Waals surface area contributed by atoms with E-state index in [1.165, 1.54) is 31.6 Å². The van der Waals surface area contributed by atoms with Crippen LogP contribution in [0.25, 0.3) is 0 Å². The lowest BCUT2D eigenvalue weighted by Gasteiger charge is -2.02. The molecule has 0 fully saturated rings. The molecule has 8 heteroatoms. The number of pyridine rings is 1. The lowest BCUT2D eigenvalue weighted by molar-refractivity contribution is 0.0585. The molecule has 0 aromatic carbocycles. The van der Waals surface area contributed by atoms with Crippen molar-refractivity contribution in [2.24, 2.45) is 0 Å². The number of rotatable bonds is 4. The topological polar surface area (TPSA) is 102 Å². The lowest BCUT2D eigenvalue weighted by atomic mass is 10.3. The molecule has 7 nitrogen and oxygen atoms in total. The number of aromatic nitrogens is 3. The van der Waals surface area contributed by atoms with Crippen LogP contribution >= 0.6 is 11.8 Å². The molecule has 0 aliphatic rings. The molecule has 0 amide bonds. The number of nitrogens with zero attached hydrogens (tertiary/aromatic N) is 3. The predicted octanol–water partition coefficient (Wildman–Crippen LogP) is 1.51. The van der Waals surface area contributed by atoms with Gasteiger partial charge in [-0.3, -0.25) is 0 Å². The van der Waals surface area contributed by atoms with Crippen molar-refractivity contribution in [2.75, 3.05) is 7.11 Å². The smallest absolute Gasteiger partial charge is 0.376 e. The van der Waals surface area contributed by atoms with E-state index in [0.717, 1.165) is 11.8 Å². The van der Waals surface area contributed by atoms with Crippen molar-refractivity contribution in [3.05, 3.63) is 42.0 Å². The van der Waals surface area contributed by atoms with Gasteiger partial charge in [-0.1, -0.05) is 0 Å². The van der Waals surface area contributed by atoms with Crippen molar-refractivity contribution in [3.63, 3.8) is 0 Å². The molecule has 0 unspecified atom stereocenters. The van der Waals surface area contributed by atoms with Crippen LogP contribution in [0.5, 0.6) is 0 Å². The van der Waals surface area contributed by atoms with E-state index in [-0.39, 0.29) is 11.4 Å². The summed E-state index contributed by atoms with van der Waals surface area (Å²) in [7, 11) is 1.24. The Labute approximate surface area is 118 Å². The van der Waals surface area contributed by atoms with Crippen LogP contribution in [0, 0.1) is 0 Å². The van der Waals surface area contributed by atoms with E-state index in [4.69, 9.17) is 5.11 Å². The number of hydrogen-bond donors (Lipinski definition) is 1. The third kappa shape index (κ3) is 3.29. The Kier molecular flexibility index (Phi) is 4.26. The third-order valence-corrected chi connectivity index (χ3v) is 3.06. The molecule has 0 aliphatic carbocycles. The van der Waals surface area contributed by atoms with Gasteiger partial charge in [0, 0.05) is 12.4 Å². The zero-order valence-corrected chi connectivity index (χ0v) is 11.1. The van der Waals surface area contributed by atoms with Crippen LogP contribution in [0.2, 0.25) is 0 Å². The molecule has 20 heavy (non-hydrogen) atoms. The van der Waals surface area contributed by atoms with Gasteiger partial charge in [0.05, 0.1) is 12.7 Å². The average molecular weight is 291 g/mol. The summed E-state index contributed by atoms with van der Waals surface area (Å²) in [5.74, 6) is -1.74. The van der Waals surface area contributed by atoms with E-state index < -0.39 is 11.9 Å². The molecule has 0 saturated carbocycles. The monoisotopic (exact) mass is 291 g/mol. The summed E-state index contributed by atoms with van der Waals surface area (Å²) in [5, 5.41) is 9.83. The number of carboxylic acid groups (broad SMARTS) is 1. The summed E-state index contributed by atoms with van der Waals surface area (Å²) in [5.41, 5.74) is 0.129. The average Bonchev–Trinajstić information content (AvgIpc) is 2.47. The molecule has 0 atom stereocenters. The first-order chi connectivity index (χ1) is 9.60. The van der Waals surface area contributed by atoms with Gasteiger partial charge in [0.1, 0.15) is 10.1 Å². The van der Waals surface area contributed by atoms with E-state index in [1.54, 1.807) is 6.07 Å². The molecule has 0 bridgehead atoms. The molecule has 0 aliphatic heterocycles. The Hall–Kier alpha value is -2.48. The lowest BCUT2D eigenvalue weighted by Crippen LogP contribution is -2.07. The second kappa shape index (κ2) is 6.11. The molecule has 102 valence electrons. The van der Waals surface area contributed by atoms with Crippen LogP contribution in [-0.2, 0) is 4.74 Å². The predicted molar refractivity (Wildman–Crippen MR) is 68.7 cm³/mol. The standard InChI is InChI=1S/C12H9N3O4S/c1-19-12(18)10-14-5-3-8(15-10)20-9-6-7(11(16)17)2-4-13-9/h2-6H,1H3,(H,16,17). The Morgan fingerprint density at radius 3 is 2.65 bits per heavy atom. The Morgan fingerprint density at radius 2 is 1.95 bits per heavy atom. The molecule has 1 N–H and O–H groups in total. The molecular formula is C12H9N3O4S. The van der Waals surface area contributed by atoms with Gasteiger partial charge in [0.2, 0.25) is 5.82 Å².